The lowest BCUT2D eigenvalue weighted by Gasteiger charge is -2.15. The fourth-order valence-corrected chi connectivity index (χ4v) is 4.13. The predicted molar refractivity (Wildman–Crippen MR) is 103 cm³/mol. The molecule has 0 fully saturated rings. The zero-order valence-corrected chi connectivity index (χ0v) is 17.9. The third-order valence-corrected chi connectivity index (χ3v) is 6.67. The van der Waals surface area contributed by atoms with E-state index in [0.29, 0.717) is 14.8 Å². The summed E-state index contributed by atoms with van der Waals surface area (Å²) in [5.74, 6) is -0.233. The highest BCUT2D eigenvalue weighted by Crippen LogP contribution is 2.24. The van der Waals surface area contributed by atoms with Gasteiger partial charge >= 0.3 is 5.97 Å². The van der Waals surface area contributed by atoms with Crippen LogP contribution in [0.4, 0.5) is 0 Å². The predicted octanol–water partition coefficient (Wildman–Crippen LogP) is 3.10. The van der Waals surface area contributed by atoms with Gasteiger partial charge < -0.3 is 9.26 Å². The number of thiophene rings is 1. The molecule has 0 saturated carbocycles. The molecule has 0 atom stereocenters. The van der Waals surface area contributed by atoms with Gasteiger partial charge in [0.2, 0.25) is 5.82 Å². The number of halogens is 1. The zero-order valence-electron chi connectivity index (χ0n) is 14.7. The summed E-state index contributed by atoms with van der Waals surface area (Å²) in [5.41, 5.74) is 0.810. The molecule has 12 heteroatoms. The molecule has 0 radical (unpaired) electrons. The number of esters is 1. The van der Waals surface area contributed by atoms with E-state index in [0.717, 1.165) is 5.56 Å². The van der Waals surface area contributed by atoms with Crippen LogP contribution in [0.15, 0.2) is 48.9 Å². The minimum Gasteiger partial charge on any atom is -0.454 e. The highest BCUT2D eigenvalue weighted by molar-refractivity contribution is 9.10. The Morgan fingerprint density at radius 2 is 2.14 bits per heavy atom. The molecule has 0 saturated heterocycles. The van der Waals surface area contributed by atoms with Crippen LogP contribution in [0.5, 0.6) is 0 Å². The monoisotopic (exact) mass is 487 g/mol. The van der Waals surface area contributed by atoms with Crippen molar-refractivity contribution in [1.82, 2.24) is 14.6 Å². The molecule has 0 spiro atoms. The van der Waals surface area contributed by atoms with Crippen molar-refractivity contribution >= 4 is 43.3 Å². The first-order valence-corrected chi connectivity index (χ1v) is 10.9. The van der Waals surface area contributed by atoms with E-state index in [1.807, 2.05) is 16.8 Å². The molecular formula is C16H14BrN3O6S2. The van der Waals surface area contributed by atoms with Gasteiger partial charge in [-0.05, 0) is 45.6 Å². The maximum absolute atomic E-state index is 12.4. The Bertz CT molecular complexity index is 1080. The number of nitrogens with zero attached hydrogens (tertiary/aromatic N) is 3. The van der Waals surface area contributed by atoms with Gasteiger partial charge in [-0.3, -0.25) is 4.84 Å². The Morgan fingerprint density at radius 3 is 2.82 bits per heavy atom. The maximum Gasteiger partial charge on any atom is 0.339 e. The molecule has 0 aliphatic rings. The highest BCUT2D eigenvalue weighted by atomic mass is 79.9. The van der Waals surface area contributed by atoms with Crippen LogP contribution in [0.3, 0.4) is 0 Å². The topological polar surface area (TPSA) is 112 Å². The summed E-state index contributed by atoms with van der Waals surface area (Å²) >= 11 is 4.71. The van der Waals surface area contributed by atoms with Gasteiger partial charge in [0.05, 0.1) is 23.1 Å². The van der Waals surface area contributed by atoms with Gasteiger partial charge in [0.25, 0.3) is 15.9 Å². The van der Waals surface area contributed by atoms with Crippen molar-refractivity contribution in [2.45, 2.75) is 11.5 Å². The van der Waals surface area contributed by atoms with Crippen molar-refractivity contribution in [3.63, 3.8) is 0 Å². The van der Waals surface area contributed by atoms with Crippen LogP contribution in [0.25, 0.3) is 11.5 Å². The molecule has 2 heterocycles. The lowest BCUT2D eigenvalue weighted by atomic mass is 10.2. The molecule has 0 N–H and O–H groups in total. The first kappa shape index (κ1) is 20.6. The van der Waals surface area contributed by atoms with E-state index in [1.54, 1.807) is 0 Å². The van der Waals surface area contributed by atoms with Crippen molar-refractivity contribution in [2.24, 2.45) is 0 Å². The molecule has 148 valence electrons. The van der Waals surface area contributed by atoms with Crippen molar-refractivity contribution in [1.29, 1.82) is 0 Å². The molecule has 0 aliphatic carbocycles. The van der Waals surface area contributed by atoms with Crippen LogP contribution in [0.1, 0.15) is 16.2 Å². The van der Waals surface area contributed by atoms with E-state index in [1.165, 1.54) is 43.7 Å². The third-order valence-electron chi connectivity index (χ3n) is 3.62. The average molecular weight is 488 g/mol. The number of carbonyl (C=O) groups is 1. The molecule has 3 aromatic rings. The highest BCUT2D eigenvalue weighted by Gasteiger charge is 2.24. The fraction of sp³-hybridized carbons (Fsp3) is 0.188. The van der Waals surface area contributed by atoms with E-state index < -0.39 is 16.0 Å². The first-order valence-electron chi connectivity index (χ1n) is 7.68. The lowest BCUT2D eigenvalue weighted by Crippen LogP contribution is -2.26. The van der Waals surface area contributed by atoms with E-state index in [2.05, 4.69) is 26.1 Å². The second kappa shape index (κ2) is 8.49. The minimum absolute atomic E-state index is 0.0344. The summed E-state index contributed by atoms with van der Waals surface area (Å²) in [6.45, 7) is -0.228. The van der Waals surface area contributed by atoms with Crippen molar-refractivity contribution in [3.8, 4) is 11.5 Å². The average Bonchev–Trinajstić information content (AvgIpc) is 3.37. The van der Waals surface area contributed by atoms with Gasteiger partial charge in [-0.2, -0.15) is 16.3 Å². The largest absolute Gasteiger partial charge is 0.454 e. The van der Waals surface area contributed by atoms with Crippen LogP contribution in [-0.4, -0.2) is 43.2 Å². The summed E-state index contributed by atoms with van der Waals surface area (Å²) < 4.78 is 36.1. The van der Waals surface area contributed by atoms with E-state index >= 15 is 0 Å². The molecule has 0 aliphatic heterocycles. The number of rotatable bonds is 7. The van der Waals surface area contributed by atoms with Crippen LogP contribution in [0, 0.1) is 0 Å². The van der Waals surface area contributed by atoms with Gasteiger partial charge in [0, 0.05) is 16.9 Å². The molecule has 1 aromatic carbocycles. The number of hydroxylamine groups is 1. The van der Waals surface area contributed by atoms with E-state index in [4.69, 9.17) is 14.1 Å². The van der Waals surface area contributed by atoms with Crippen molar-refractivity contribution in [2.75, 3.05) is 14.2 Å². The summed E-state index contributed by atoms with van der Waals surface area (Å²) in [6, 6.07) is 5.81. The molecule has 3 rings (SSSR count). The number of hydrogen-bond donors (Lipinski definition) is 0. The first-order chi connectivity index (χ1) is 13.3. The smallest absolute Gasteiger partial charge is 0.339 e. The van der Waals surface area contributed by atoms with Crippen LogP contribution >= 0.6 is 27.3 Å². The number of ether oxygens (including phenoxy) is 1. The van der Waals surface area contributed by atoms with Gasteiger partial charge in [-0.15, -0.1) is 0 Å². The van der Waals surface area contributed by atoms with Crippen LogP contribution < -0.4 is 0 Å². The van der Waals surface area contributed by atoms with Crippen molar-refractivity contribution < 1.29 is 27.3 Å². The number of hydrogen-bond acceptors (Lipinski definition) is 9. The fourth-order valence-electron chi connectivity index (χ4n) is 2.09. The van der Waals surface area contributed by atoms with Gasteiger partial charge in [-0.25, -0.2) is 13.2 Å². The molecular weight excluding hydrogens is 474 g/mol. The molecule has 0 bridgehead atoms. The number of benzene rings is 1. The molecule has 28 heavy (non-hydrogen) atoms. The SMILES string of the molecule is CON(C)S(=O)(=O)c1ccc(Br)c(C(=O)OCc2noc(-c3ccsc3)n2)c1. The number of carbonyl (C=O) groups excluding carboxylic acids is 1. The molecule has 9 nitrogen and oxygen atoms in total. The van der Waals surface area contributed by atoms with Gasteiger partial charge in [-0.1, -0.05) is 9.63 Å². The number of sulfonamides is 1. The standard InChI is InChI=1S/C16H14BrN3O6S2/c1-20(24-2)28(22,23)11-3-4-13(17)12(7-11)16(21)25-8-14-18-15(26-19-14)10-5-6-27-9-10/h3-7,9H,8H2,1-2H3. The van der Waals surface area contributed by atoms with E-state index in [9.17, 15) is 13.2 Å². The Morgan fingerprint density at radius 1 is 1.36 bits per heavy atom. The number of aromatic nitrogens is 2. The Kier molecular flexibility index (Phi) is 6.25. The normalized spacial score (nSPS) is 11.7. The van der Waals surface area contributed by atoms with E-state index in [-0.39, 0.29) is 22.9 Å². The lowest BCUT2D eigenvalue weighted by molar-refractivity contribution is -0.0258. The minimum atomic E-state index is -3.91. The quantitative estimate of drug-likeness (QED) is 0.369. The molecule has 0 unspecified atom stereocenters. The summed E-state index contributed by atoms with van der Waals surface area (Å²) in [4.78, 5) is 21.2. The molecule has 2 aromatic heterocycles. The Labute approximate surface area is 173 Å². The second-order valence-corrected chi connectivity index (χ2v) is 8.91. The summed E-state index contributed by atoms with van der Waals surface area (Å²) in [7, 11) is -1.44. The zero-order chi connectivity index (χ0) is 20.3. The second-order valence-electron chi connectivity index (χ2n) is 5.34. The van der Waals surface area contributed by atoms with Gasteiger partial charge in [0.15, 0.2) is 6.61 Å². The van der Waals surface area contributed by atoms with Crippen molar-refractivity contribution in [3.05, 3.63) is 50.9 Å². The maximum atomic E-state index is 12.4. The Balaban J connectivity index is 1.75. The van der Waals surface area contributed by atoms with Crippen LogP contribution in [-0.2, 0) is 26.2 Å². The molecule has 0 amide bonds. The third kappa shape index (κ3) is 4.31. The van der Waals surface area contributed by atoms with Crippen LogP contribution in [0.2, 0.25) is 0 Å². The summed E-state index contributed by atoms with van der Waals surface area (Å²) in [5, 5.41) is 7.49. The summed E-state index contributed by atoms with van der Waals surface area (Å²) in [6.07, 6.45) is 0. The Hall–Kier alpha value is -2.12. The van der Waals surface area contributed by atoms with Gasteiger partial charge in [0.1, 0.15) is 0 Å².